The third-order valence-electron chi connectivity index (χ3n) is 2.38. The summed E-state index contributed by atoms with van der Waals surface area (Å²) >= 11 is 0. The molecule has 12 heavy (non-hydrogen) atoms. The van der Waals surface area contributed by atoms with E-state index < -0.39 is 0 Å². The zero-order valence-corrected chi connectivity index (χ0v) is 7.66. The molecule has 4 heteroatoms. The van der Waals surface area contributed by atoms with Crippen molar-refractivity contribution in [1.82, 2.24) is 9.80 Å². The number of rotatable bonds is 2. The number of hydrogen-bond acceptors (Lipinski definition) is 3. The Kier molecular flexibility index (Phi) is 3.05. The maximum atomic E-state index is 11.5. The maximum absolute atomic E-state index is 11.5. The Balaban J connectivity index is 2.58. The monoisotopic (exact) mass is 172 g/mol. The highest BCUT2D eigenvalue weighted by Crippen LogP contribution is 2.10. The zero-order chi connectivity index (χ0) is 9.14. The number of carbonyl (C=O) groups excluding carboxylic acids is 1. The Labute approximate surface area is 72.8 Å². The van der Waals surface area contributed by atoms with E-state index in [1.165, 1.54) is 0 Å². The van der Waals surface area contributed by atoms with Crippen molar-refractivity contribution in [2.45, 2.75) is 12.5 Å². The molecule has 0 spiro atoms. The van der Waals surface area contributed by atoms with E-state index in [1.807, 2.05) is 11.9 Å². The van der Waals surface area contributed by atoms with Crippen LogP contribution in [0.5, 0.6) is 0 Å². The van der Waals surface area contributed by atoms with Crippen LogP contribution in [0.1, 0.15) is 6.42 Å². The van der Waals surface area contributed by atoms with Gasteiger partial charge in [0, 0.05) is 26.7 Å². The molecule has 1 aliphatic rings. The molecular weight excluding hydrogens is 156 g/mol. The summed E-state index contributed by atoms with van der Waals surface area (Å²) in [5, 5.41) is 8.74. The number of likely N-dealkylation sites (N-methyl/N-ethyl adjacent to an activating group) is 2. The lowest BCUT2D eigenvalue weighted by molar-refractivity contribution is -0.139. The van der Waals surface area contributed by atoms with E-state index >= 15 is 0 Å². The first kappa shape index (κ1) is 9.48. The van der Waals surface area contributed by atoms with Gasteiger partial charge >= 0.3 is 0 Å². The van der Waals surface area contributed by atoms with E-state index in [1.54, 1.807) is 11.9 Å². The van der Waals surface area contributed by atoms with Gasteiger partial charge in [0.05, 0.1) is 6.04 Å². The van der Waals surface area contributed by atoms with Gasteiger partial charge in [-0.15, -0.1) is 0 Å². The maximum Gasteiger partial charge on any atom is 0.239 e. The Morgan fingerprint density at radius 3 is 2.75 bits per heavy atom. The van der Waals surface area contributed by atoms with Crippen LogP contribution in [0.2, 0.25) is 0 Å². The lowest BCUT2D eigenvalue weighted by Crippen LogP contribution is -2.54. The van der Waals surface area contributed by atoms with Crippen LogP contribution in [0.4, 0.5) is 0 Å². The molecule has 70 valence electrons. The summed E-state index contributed by atoms with van der Waals surface area (Å²) in [7, 11) is 3.73. The minimum Gasteiger partial charge on any atom is -0.396 e. The smallest absolute Gasteiger partial charge is 0.239 e. The van der Waals surface area contributed by atoms with Crippen molar-refractivity contribution in [1.29, 1.82) is 0 Å². The molecule has 0 aromatic heterocycles. The molecule has 0 saturated carbocycles. The molecule has 1 N–H and O–H groups in total. The summed E-state index contributed by atoms with van der Waals surface area (Å²) in [5.74, 6) is 0.123. The molecule has 1 amide bonds. The summed E-state index contributed by atoms with van der Waals surface area (Å²) in [6.45, 7) is 1.76. The van der Waals surface area contributed by atoms with E-state index in [9.17, 15) is 4.79 Å². The van der Waals surface area contributed by atoms with Gasteiger partial charge in [-0.3, -0.25) is 9.69 Å². The van der Waals surface area contributed by atoms with Crippen molar-refractivity contribution in [3.05, 3.63) is 0 Å². The molecule has 0 aromatic rings. The van der Waals surface area contributed by atoms with Gasteiger partial charge in [-0.25, -0.2) is 0 Å². The van der Waals surface area contributed by atoms with Crippen molar-refractivity contribution >= 4 is 5.91 Å². The standard InChI is InChI=1S/C8H16N2O2/c1-9-4-5-10(2)8(12)7(9)3-6-11/h7,11H,3-6H2,1-2H3. The number of aliphatic hydroxyl groups excluding tert-OH is 1. The molecule has 1 heterocycles. The van der Waals surface area contributed by atoms with Crippen LogP contribution in [0.25, 0.3) is 0 Å². The average Bonchev–Trinajstić information content (AvgIpc) is 2.06. The van der Waals surface area contributed by atoms with Crippen molar-refractivity contribution in [3.63, 3.8) is 0 Å². The average molecular weight is 172 g/mol. The summed E-state index contributed by atoms with van der Waals surface area (Å²) in [6, 6.07) is -0.117. The summed E-state index contributed by atoms with van der Waals surface area (Å²) in [4.78, 5) is 15.2. The van der Waals surface area contributed by atoms with E-state index in [4.69, 9.17) is 5.11 Å². The number of hydrogen-bond donors (Lipinski definition) is 1. The molecule has 0 aliphatic carbocycles. The number of nitrogens with zero attached hydrogens (tertiary/aromatic N) is 2. The molecule has 0 aromatic carbocycles. The van der Waals surface area contributed by atoms with Crippen LogP contribution in [0.15, 0.2) is 0 Å². The van der Waals surface area contributed by atoms with Gasteiger partial charge in [-0.2, -0.15) is 0 Å². The number of piperazine rings is 1. The first-order valence-electron chi connectivity index (χ1n) is 4.23. The van der Waals surface area contributed by atoms with Crippen LogP contribution in [-0.2, 0) is 4.79 Å². The molecule has 0 radical (unpaired) electrons. The Hall–Kier alpha value is -0.610. The molecule has 1 fully saturated rings. The fourth-order valence-electron chi connectivity index (χ4n) is 1.48. The Bertz CT molecular complexity index is 172. The van der Waals surface area contributed by atoms with Crippen molar-refractivity contribution < 1.29 is 9.90 Å². The Morgan fingerprint density at radius 2 is 2.17 bits per heavy atom. The largest absolute Gasteiger partial charge is 0.396 e. The third kappa shape index (κ3) is 1.76. The lowest BCUT2D eigenvalue weighted by Gasteiger charge is -2.36. The van der Waals surface area contributed by atoms with Crippen molar-refractivity contribution in [2.75, 3.05) is 33.8 Å². The van der Waals surface area contributed by atoms with E-state index in [-0.39, 0.29) is 18.6 Å². The predicted molar refractivity (Wildman–Crippen MR) is 45.8 cm³/mol. The minimum atomic E-state index is -0.117. The first-order valence-corrected chi connectivity index (χ1v) is 4.23. The molecule has 1 saturated heterocycles. The highest BCUT2D eigenvalue weighted by atomic mass is 16.3. The second-order valence-corrected chi connectivity index (χ2v) is 3.27. The third-order valence-corrected chi connectivity index (χ3v) is 2.38. The number of aliphatic hydroxyl groups is 1. The zero-order valence-electron chi connectivity index (χ0n) is 7.66. The topological polar surface area (TPSA) is 43.8 Å². The molecule has 1 aliphatic heterocycles. The van der Waals surface area contributed by atoms with E-state index in [0.29, 0.717) is 6.42 Å². The summed E-state index contributed by atoms with van der Waals surface area (Å²) in [5.41, 5.74) is 0. The molecule has 1 atom stereocenters. The molecule has 1 rings (SSSR count). The quantitative estimate of drug-likeness (QED) is 0.589. The molecule has 1 unspecified atom stereocenters. The van der Waals surface area contributed by atoms with Gasteiger partial charge in [0.2, 0.25) is 5.91 Å². The highest BCUT2D eigenvalue weighted by molar-refractivity contribution is 5.82. The molecule has 0 bridgehead atoms. The fourth-order valence-corrected chi connectivity index (χ4v) is 1.48. The fraction of sp³-hybridized carbons (Fsp3) is 0.875. The van der Waals surface area contributed by atoms with Gasteiger partial charge in [0.25, 0.3) is 0 Å². The second-order valence-electron chi connectivity index (χ2n) is 3.27. The highest BCUT2D eigenvalue weighted by Gasteiger charge is 2.29. The summed E-state index contributed by atoms with van der Waals surface area (Å²) < 4.78 is 0. The second kappa shape index (κ2) is 3.87. The molecular formula is C8H16N2O2. The number of carbonyl (C=O) groups is 1. The van der Waals surface area contributed by atoms with Crippen LogP contribution in [0.3, 0.4) is 0 Å². The van der Waals surface area contributed by atoms with Crippen LogP contribution in [0, 0.1) is 0 Å². The van der Waals surface area contributed by atoms with E-state index in [2.05, 4.69) is 0 Å². The van der Waals surface area contributed by atoms with Crippen LogP contribution < -0.4 is 0 Å². The first-order chi connectivity index (χ1) is 5.66. The van der Waals surface area contributed by atoms with E-state index in [0.717, 1.165) is 13.1 Å². The summed E-state index contributed by atoms with van der Waals surface area (Å²) in [6.07, 6.45) is 0.541. The van der Waals surface area contributed by atoms with Gasteiger partial charge in [0.15, 0.2) is 0 Å². The predicted octanol–water partition coefficient (Wildman–Crippen LogP) is -0.859. The van der Waals surface area contributed by atoms with Gasteiger partial charge in [-0.1, -0.05) is 0 Å². The van der Waals surface area contributed by atoms with Gasteiger partial charge < -0.3 is 10.0 Å². The van der Waals surface area contributed by atoms with Crippen molar-refractivity contribution in [3.8, 4) is 0 Å². The lowest BCUT2D eigenvalue weighted by atomic mass is 10.1. The van der Waals surface area contributed by atoms with Gasteiger partial charge in [-0.05, 0) is 13.5 Å². The van der Waals surface area contributed by atoms with Gasteiger partial charge in [0.1, 0.15) is 0 Å². The van der Waals surface area contributed by atoms with Crippen molar-refractivity contribution in [2.24, 2.45) is 0 Å². The minimum absolute atomic E-state index is 0.0780. The Morgan fingerprint density at radius 1 is 1.50 bits per heavy atom. The normalized spacial score (nSPS) is 26.4. The van der Waals surface area contributed by atoms with Crippen LogP contribution >= 0.6 is 0 Å². The van der Waals surface area contributed by atoms with Crippen LogP contribution in [-0.4, -0.2) is 60.6 Å². The number of amides is 1. The SMILES string of the molecule is CN1CCN(C)C(CCO)C1=O. The molecule has 4 nitrogen and oxygen atoms in total.